The van der Waals surface area contributed by atoms with Gasteiger partial charge in [0.05, 0.1) is 16.7 Å². The summed E-state index contributed by atoms with van der Waals surface area (Å²) in [6, 6.07) is 24.6. The summed E-state index contributed by atoms with van der Waals surface area (Å²) >= 11 is 0. The molecule has 0 fully saturated rings. The molecule has 0 bridgehead atoms. The highest BCUT2D eigenvalue weighted by Crippen LogP contribution is 2.40. The molecule has 152 valence electrons. The highest BCUT2D eigenvalue weighted by molar-refractivity contribution is 6.07. The maximum absolute atomic E-state index is 12.6. The summed E-state index contributed by atoms with van der Waals surface area (Å²) in [5.41, 5.74) is 2.63. The van der Waals surface area contributed by atoms with Gasteiger partial charge in [-0.25, -0.2) is 5.01 Å². The van der Waals surface area contributed by atoms with Crippen molar-refractivity contribution >= 4 is 38.9 Å². The second-order valence-corrected chi connectivity index (χ2v) is 7.67. The number of carbonyl (C=O) groups excluding carboxylic acids is 1. The van der Waals surface area contributed by atoms with Crippen LogP contribution in [-0.4, -0.2) is 21.6 Å². The van der Waals surface area contributed by atoms with E-state index in [1.807, 2.05) is 24.3 Å². The average molecular weight is 409 g/mol. The van der Waals surface area contributed by atoms with Crippen LogP contribution in [0, 0.1) is 10.1 Å². The van der Waals surface area contributed by atoms with Gasteiger partial charge in [-0.3, -0.25) is 14.9 Å². The predicted molar refractivity (Wildman–Crippen MR) is 121 cm³/mol. The molecule has 4 aromatic carbocycles. The van der Waals surface area contributed by atoms with E-state index in [1.165, 1.54) is 19.1 Å². The normalized spacial score (nSPS) is 16.0. The van der Waals surface area contributed by atoms with Crippen LogP contribution in [0.3, 0.4) is 0 Å². The number of fused-ring (bicyclic) bond motifs is 2. The van der Waals surface area contributed by atoms with Crippen LogP contribution in [0.25, 0.3) is 21.5 Å². The second-order valence-electron chi connectivity index (χ2n) is 7.67. The van der Waals surface area contributed by atoms with Crippen molar-refractivity contribution in [2.45, 2.75) is 19.4 Å². The number of non-ortho nitro benzene ring substituents is 1. The number of benzene rings is 4. The molecule has 0 spiro atoms. The molecule has 6 heteroatoms. The fourth-order valence-corrected chi connectivity index (χ4v) is 4.38. The van der Waals surface area contributed by atoms with Gasteiger partial charge in [-0.05, 0) is 50.9 Å². The quantitative estimate of drug-likeness (QED) is 0.251. The average Bonchev–Trinajstić information content (AvgIpc) is 3.23. The Balaban J connectivity index is 1.66. The number of hydrogen-bond donors (Lipinski definition) is 0. The first-order chi connectivity index (χ1) is 15.0. The Kier molecular flexibility index (Phi) is 4.47. The molecule has 4 aromatic rings. The smallest absolute Gasteiger partial charge is 0.269 e. The third-order valence-corrected chi connectivity index (χ3v) is 5.79. The molecule has 0 unspecified atom stereocenters. The molecule has 1 heterocycles. The molecule has 0 radical (unpaired) electrons. The van der Waals surface area contributed by atoms with Crippen molar-refractivity contribution in [2.75, 3.05) is 0 Å². The van der Waals surface area contributed by atoms with Gasteiger partial charge in [-0.2, -0.15) is 5.10 Å². The highest BCUT2D eigenvalue weighted by atomic mass is 16.6. The lowest BCUT2D eigenvalue weighted by Crippen LogP contribution is -2.24. The maximum atomic E-state index is 12.6. The first kappa shape index (κ1) is 18.9. The number of nitro benzene ring substituents is 1. The van der Waals surface area contributed by atoms with E-state index in [4.69, 9.17) is 0 Å². The van der Waals surface area contributed by atoms with Crippen molar-refractivity contribution in [3.05, 3.63) is 100 Å². The predicted octanol–water partition coefficient (Wildman–Crippen LogP) is 5.60. The number of hydrogen-bond acceptors (Lipinski definition) is 4. The summed E-state index contributed by atoms with van der Waals surface area (Å²) in [5, 5.41) is 21.6. The molecule has 31 heavy (non-hydrogen) atoms. The van der Waals surface area contributed by atoms with Crippen molar-refractivity contribution in [2.24, 2.45) is 5.10 Å². The summed E-state index contributed by atoms with van der Waals surface area (Å²) in [5.74, 6) is -0.140. The van der Waals surface area contributed by atoms with E-state index < -0.39 is 4.92 Å². The molecule has 0 aliphatic carbocycles. The van der Waals surface area contributed by atoms with Crippen LogP contribution in [-0.2, 0) is 4.79 Å². The molecule has 1 atom stereocenters. The van der Waals surface area contributed by atoms with Crippen molar-refractivity contribution < 1.29 is 9.72 Å². The molecule has 1 amide bonds. The summed E-state index contributed by atoms with van der Waals surface area (Å²) < 4.78 is 0. The number of carbonyl (C=O) groups is 1. The third-order valence-electron chi connectivity index (χ3n) is 5.79. The van der Waals surface area contributed by atoms with E-state index in [2.05, 4.69) is 35.4 Å². The largest absolute Gasteiger partial charge is 0.273 e. The van der Waals surface area contributed by atoms with Gasteiger partial charge in [-0.15, -0.1) is 0 Å². The number of amides is 1. The topological polar surface area (TPSA) is 75.8 Å². The van der Waals surface area contributed by atoms with E-state index in [0.717, 1.165) is 38.4 Å². The van der Waals surface area contributed by atoms with Gasteiger partial charge in [0, 0.05) is 25.5 Å². The first-order valence-corrected chi connectivity index (χ1v) is 10.1. The van der Waals surface area contributed by atoms with Gasteiger partial charge >= 0.3 is 0 Å². The van der Waals surface area contributed by atoms with Gasteiger partial charge in [-0.1, -0.05) is 48.5 Å². The minimum absolute atomic E-state index is 0.0300. The van der Waals surface area contributed by atoms with Crippen LogP contribution >= 0.6 is 0 Å². The number of rotatable bonds is 3. The minimum Gasteiger partial charge on any atom is -0.273 e. The standard InChI is InChI=1S/C25H19N3O3/c1-16(29)27-24(15-23(26-27)17-10-12-20(13-11-17)28(30)31)25-21-8-4-2-6-18(21)14-19-7-3-5-9-22(19)25/h2-14,24H,15H2,1H3/t24-/m0/s1. The van der Waals surface area contributed by atoms with E-state index in [1.54, 1.807) is 17.1 Å². The summed E-state index contributed by atoms with van der Waals surface area (Å²) in [6.45, 7) is 1.52. The van der Waals surface area contributed by atoms with Crippen molar-refractivity contribution in [3.63, 3.8) is 0 Å². The van der Waals surface area contributed by atoms with E-state index in [9.17, 15) is 14.9 Å². The molecule has 0 saturated heterocycles. The summed E-state index contributed by atoms with van der Waals surface area (Å²) in [6.07, 6.45) is 0.537. The minimum atomic E-state index is -0.423. The van der Waals surface area contributed by atoms with Crippen LogP contribution in [0.5, 0.6) is 0 Å². The second kappa shape index (κ2) is 7.32. The molecular weight excluding hydrogens is 390 g/mol. The molecule has 5 rings (SSSR count). The SMILES string of the molecule is CC(=O)N1N=C(c2ccc([N+](=O)[O-])cc2)C[C@H]1c1c2ccccc2cc2ccccc12. The number of nitro groups is 1. The van der Waals surface area contributed by atoms with Crippen molar-refractivity contribution in [1.82, 2.24) is 5.01 Å². The zero-order chi connectivity index (χ0) is 21.5. The Morgan fingerprint density at radius 2 is 1.55 bits per heavy atom. The summed E-state index contributed by atoms with van der Waals surface area (Å²) in [4.78, 5) is 23.1. The van der Waals surface area contributed by atoms with Gasteiger partial charge < -0.3 is 0 Å². The van der Waals surface area contributed by atoms with Crippen molar-refractivity contribution in [3.8, 4) is 0 Å². The molecule has 0 N–H and O–H groups in total. The lowest BCUT2D eigenvalue weighted by Gasteiger charge is -2.24. The molecular formula is C25H19N3O3. The van der Waals surface area contributed by atoms with Gasteiger partial charge in [0.1, 0.15) is 0 Å². The molecule has 0 aromatic heterocycles. The number of hydrazone groups is 1. The Morgan fingerprint density at radius 1 is 0.968 bits per heavy atom. The Morgan fingerprint density at radius 3 is 2.10 bits per heavy atom. The third kappa shape index (κ3) is 3.22. The molecule has 1 aliphatic heterocycles. The maximum Gasteiger partial charge on any atom is 0.269 e. The van der Waals surface area contributed by atoms with Crippen LogP contribution in [0.1, 0.15) is 30.5 Å². The first-order valence-electron chi connectivity index (χ1n) is 10.1. The summed E-state index contributed by atoms with van der Waals surface area (Å²) in [7, 11) is 0. The van der Waals surface area contributed by atoms with E-state index in [0.29, 0.717) is 6.42 Å². The molecule has 1 aliphatic rings. The van der Waals surface area contributed by atoms with Crippen molar-refractivity contribution in [1.29, 1.82) is 0 Å². The zero-order valence-electron chi connectivity index (χ0n) is 16.9. The molecule has 6 nitrogen and oxygen atoms in total. The van der Waals surface area contributed by atoms with Gasteiger partial charge in [0.25, 0.3) is 5.69 Å². The van der Waals surface area contributed by atoms with Gasteiger partial charge in [0.15, 0.2) is 0 Å². The van der Waals surface area contributed by atoms with Gasteiger partial charge in [0.2, 0.25) is 5.91 Å². The fraction of sp³-hybridized carbons (Fsp3) is 0.120. The lowest BCUT2D eigenvalue weighted by atomic mass is 9.89. The Hall–Kier alpha value is -4.06. The van der Waals surface area contributed by atoms with E-state index in [-0.39, 0.29) is 17.6 Å². The van der Waals surface area contributed by atoms with Crippen LogP contribution in [0.15, 0.2) is 84.0 Å². The number of nitrogens with zero attached hydrogens (tertiary/aromatic N) is 3. The highest BCUT2D eigenvalue weighted by Gasteiger charge is 2.33. The lowest BCUT2D eigenvalue weighted by molar-refractivity contribution is -0.384. The zero-order valence-corrected chi connectivity index (χ0v) is 16.9. The molecule has 0 saturated carbocycles. The fourth-order valence-electron chi connectivity index (χ4n) is 4.38. The Bertz CT molecular complexity index is 1320. The van der Waals surface area contributed by atoms with Crippen LogP contribution < -0.4 is 0 Å². The Labute approximate surface area is 178 Å². The van der Waals surface area contributed by atoms with Crippen LogP contribution in [0.2, 0.25) is 0 Å². The van der Waals surface area contributed by atoms with Crippen LogP contribution in [0.4, 0.5) is 5.69 Å². The monoisotopic (exact) mass is 409 g/mol. The van der Waals surface area contributed by atoms with E-state index >= 15 is 0 Å².